The van der Waals surface area contributed by atoms with Gasteiger partial charge in [0, 0.05) is 39.4 Å². The first kappa shape index (κ1) is 16.1. The molecule has 2 aliphatic heterocycles. The zero-order valence-electron chi connectivity index (χ0n) is 14.0. The number of H-pyrrole nitrogens is 1. The molecular weight excluding hydrogens is 414 g/mol. The molecule has 26 heavy (non-hydrogen) atoms. The van der Waals surface area contributed by atoms with Crippen molar-refractivity contribution in [3.8, 4) is 0 Å². The molecule has 0 aliphatic carbocycles. The number of fused-ring (bicyclic) bond motifs is 4. The van der Waals surface area contributed by atoms with E-state index in [0.717, 1.165) is 31.5 Å². The summed E-state index contributed by atoms with van der Waals surface area (Å²) in [6.07, 6.45) is 0.549. The fourth-order valence-corrected chi connectivity index (χ4v) is 5.88. The Balaban J connectivity index is 1.79. The van der Waals surface area contributed by atoms with Crippen molar-refractivity contribution >= 4 is 50.0 Å². The second-order valence-electron chi connectivity index (χ2n) is 6.81. The van der Waals surface area contributed by atoms with Crippen molar-refractivity contribution in [1.82, 2.24) is 14.8 Å². The molecule has 0 saturated carbocycles. The minimum atomic E-state index is -0.452. The smallest absolute Gasteiger partial charge is 0.245 e. The molecule has 2 atom stereocenters. The largest absolute Gasteiger partial charge is 0.356 e. The number of halogens is 1. The van der Waals surface area contributed by atoms with Crippen molar-refractivity contribution in [2.75, 3.05) is 13.6 Å². The summed E-state index contributed by atoms with van der Waals surface area (Å²) in [6.45, 7) is 0.129. The number of nitrogens with zero attached hydrogens (tertiary/aromatic N) is 2. The maximum Gasteiger partial charge on any atom is 0.245 e. The number of nitrogens with one attached hydrogen (secondary N) is 1. The van der Waals surface area contributed by atoms with Crippen LogP contribution in [0.5, 0.6) is 0 Å². The summed E-state index contributed by atoms with van der Waals surface area (Å²) in [5, 5.41) is 3.14. The number of aromatic amines is 1. The molecule has 2 aliphatic rings. The highest BCUT2D eigenvalue weighted by Crippen LogP contribution is 2.45. The van der Waals surface area contributed by atoms with Crippen LogP contribution in [0.4, 0.5) is 0 Å². The molecule has 7 heteroatoms. The van der Waals surface area contributed by atoms with Gasteiger partial charge in [-0.2, -0.15) is 0 Å². The summed E-state index contributed by atoms with van der Waals surface area (Å²) in [7, 11) is 1.71. The lowest BCUT2D eigenvalue weighted by Gasteiger charge is -2.46. The average molecular weight is 430 g/mol. The number of para-hydroxylation sites is 1. The van der Waals surface area contributed by atoms with Gasteiger partial charge in [0.1, 0.15) is 12.1 Å². The van der Waals surface area contributed by atoms with Gasteiger partial charge in [-0.3, -0.25) is 9.59 Å². The molecule has 1 aromatic carbocycles. The highest BCUT2D eigenvalue weighted by molar-refractivity contribution is 9.10. The van der Waals surface area contributed by atoms with Crippen molar-refractivity contribution in [2.24, 2.45) is 0 Å². The molecule has 1 N–H and O–H groups in total. The number of carbonyl (C=O) groups excluding carboxylic acids is 2. The highest BCUT2D eigenvalue weighted by Gasteiger charge is 2.48. The van der Waals surface area contributed by atoms with Crippen LogP contribution in [-0.2, 0) is 16.0 Å². The van der Waals surface area contributed by atoms with Gasteiger partial charge >= 0.3 is 0 Å². The Kier molecular flexibility index (Phi) is 3.52. The van der Waals surface area contributed by atoms with Crippen molar-refractivity contribution in [2.45, 2.75) is 18.5 Å². The standard InChI is InChI=1S/C19H16BrN3O2S/c1-22-9-15(24)23-14(19(22)25)8-11-10-4-2-3-5-13(10)21-16(11)17(23)18-12(20)6-7-26-18/h2-7,14,17,21H,8-9H2,1H3/t14-,17+/m1/s1. The normalized spacial score (nSPS) is 22.7. The molecule has 3 aromatic rings. The van der Waals surface area contributed by atoms with Gasteiger partial charge in [0.05, 0.1) is 6.54 Å². The van der Waals surface area contributed by atoms with Crippen LogP contribution in [0.3, 0.4) is 0 Å². The summed E-state index contributed by atoms with van der Waals surface area (Å²) < 4.78 is 0.969. The van der Waals surface area contributed by atoms with E-state index in [-0.39, 0.29) is 24.4 Å². The third-order valence-electron chi connectivity index (χ3n) is 5.35. The Morgan fingerprint density at radius 1 is 1.23 bits per heavy atom. The molecule has 0 radical (unpaired) electrons. The molecule has 0 bridgehead atoms. The van der Waals surface area contributed by atoms with E-state index in [2.05, 4.69) is 27.0 Å². The molecule has 4 heterocycles. The van der Waals surface area contributed by atoms with Crippen LogP contribution in [0.1, 0.15) is 22.2 Å². The molecule has 5 nitrogen and oxygen atoms in total. The summed E-state index contributed by atoms with van der Waals surface area (Å²) in [6, 6.07) is 9.41. The van der Waals surface area contributed by atoms with Gasteiger partial charge in [0.25, 0.3) is 0 Å². The average Bonchev–Trinajstić information content (AvgIpc) is 3.21. The van der Waals surface area contributed by atoms with Gasteiger partial charge in [-0.15, -0.1) is 11.3 Å². The Bertz CT molecular complexity index is 1060. The van der Waals surface area contributed by atoms with E-state index in [4.69, 9.17) is 0 Å². The highest BCUT2D eigenvalue weighted by atomic mass is 79.9. The number of aromatic nitrogens is 1. The van der Waals surface area contributed by atoms with Crippen LogP contribution in [-0.4, -0.2) is 46.2 Å². The maximum absolute atomic E-state index is 12.9. The second kappa shape index (κ2) is 5.69. The first-order valence-electron chi connectivity index (χ1n) is 8.44. The number of thiophene rings is 1. The van der Waals surface area contributed by atoms with Crippen molar-refractivity contribution < 1.29 is 9.59 Å². The number of amides is 2. The fourth-order valence-electron chi connectivity index (χ4n) is 4.18. The number of piperazine rings is 1. The monoisotopic (exact) mass is 429 g/mol. The van der Waals surface area contributed by atoms with Gasteiger partial charge < -0.3 is 14.8 Å². The SMILES string of the molecule is CN1CC(=O)N2[C@H](c3sccc3Br)c3[nH]c4ccccc4c3C[C@@H]2C1=O. The fraction of sp³-hybridized carbons (Fsp3) is 0.263. The number of hydrogen-bond acceptors (Lipinski definition) is 3. The van der Waals surface area contributed by atoms with E-state index >= 15 is 0 Å². The summed E-state index contributed by atoms with van der Waals surface area (Å²) in [5.41, 5.74) is 3.21. The van der Waals surface area contributed by atoms with E-state index < -0.39 is 6.04 Å². The van der Waals surface area contributed by atoms with Crippen LogP contribution < -0.4 is 0 Å². The third-order valence-corrected chi connectivity index (χ3v) is 7.27. The zero-order chi connectivity index (χ0) is 18.0. The van der Waals surface area contributed by atoms with Crippen molar-refractivity contribution in [1.29, 1.82) is 0 Å². The van der Waals surface area contributed by atoms with Crippen LogP contribution in [0, 0.1) is 0 Å². The predicted molar refractivity (Wildman–Crippen MR) is 104 cm³/mol. The number of carbonyl (C=O) groups is 2. The zero-order valence-corrected chi connectivity index (χ0v) is 16.4. The Labute approximate surface area is 162 Å². The van der Waals surface area contributed by atoms with Gasteiger partial charge in [0.2, 0.25) is 11.8 Å². The molecule has 2 aromatic heterocycles. The summed E-state index contributed by atoms with van der Waals surface area (Å²) in [4.78, 5) is 33.7. The molecular formula is C19H16BrN3O2S. The van der Waals surface area contributed by atoms with Crippen LogP contribution in [0.15, 0.2) is 40.2 Å². The minimum Gasteiger partial charge on any atom is -0.356 e. The summed E-state index contributed by atoms with van der Waals surface area (Å²) >= 11 is 5.23. The van der Waals surface area contributed by atoms with Crippen molar-refractivity contribution in [3.63, 3.8) is 0 Å². The van der Waals surface area contributed by atoms with E-state index in [1.54, 1.807) is 28.2 Å². The Morgan fingerprint density at radius 2 is 2.04 bits per heavy atom. The van der Waals surface area contributed by atoms with Crippen LogP contribution in [0.25, 0.3) is 10.9 Å². The Morgan fingerprint density at radius 3 is 2.81 bits per heavy atom. The number of likely N-dealkylation sites (N-methyl/N-ethyl adjacent to an activating group) is 1. The van der Waals surface area contributed by atoms with Gasteiger partial charge in [0.15, 0.2) is 0 Å². The van der Waals surface area contributed by atoms with Crippen molar-refractivity contribution in [3.05, 3.63) is 56.3 Å². The molecule has 2 amide bonds. The first-order valence-corrected chi connectivity index (χ1v) is 10.1. The van der Waals surface area contributed by atoms with Gasteiger partial charge in [-0.05, 0) is 39.0 Å². The molecule has 132 valence electrons. The quantitative estimate of drug-likeness (QED) is 0.644. The number of benzene rings is 1. The van der Waals surface area contributed by atoms with E-state index in [1.807, 2.05) is 29.6 Å². The van der Waals surface area contributed by atoms with E-state index in [9.17, 15) is 9.59 Å². The lowest BCUT2D eigenvalue weighted by molar-refractivity contribution is -0.157. The van der Waals surface area contributed by atoms with Gasteiger partial charge in [-0.25, -0.2) is 0 Å². The molecule has 0 unspecified atom stereocenters. The Hall–Kier alpha value is -2.12. The molecule has 5 rings (SSSR count). The van der Waals surface area contributed by atoms with E-state index in [0.29, 0.717) is 6.42 Å². The van der Waals surface area contributed by atoms with E-state index in [1.165, 1.54) is 0 Å². The predicted octanol–water partition coefficient (Wildman–Crippen LogP) is 3.31. The van der Waals surface area contributed by atoms with Gasteiger partial charge in [-0.1, -0.05) is 18.2 Å². The number of rotatable bonds is 1. The topological polar surface area (TPSA) is 56.4 Å². The summed E-state index contributed by atoms with van der Waals surface area (Å²) in [5.74, 6) is 0.00455. The maximum atomic E-state index is 12.9. The molecule has 1 fully saturated rings. The lowest BCUT2D eigenvalue weighted by atomic mass is 9.88. The van der Waals surface area contributed by atoms with Crippen LogP contribution in [0.2, 0.25) is 0 Å². The second-order valence-corrected chi connectivity index (χ2v) is 8.62. The van der Waals surface area contributed by atoms with Crippen LogP contribution >= 0.6 is 27.3 Å². The number of hydrogen-bond donors (Lipinski definition) is 1. The molecule has 1 saturated heterocycles. The molecule has 0 spiro atoms. The lowest BCUT2D eigenvalue weighted by Crippen LogP contribution is -2.62. The first-order chi connectivity index (χ1) is 12.6. The minimum absolute atomic E-state index is 0.00768. The third kappa shape index (κ3) is 2.13.